The summed E-state index contributed by atoms with van der Waals surface area (Å²) in [5.74, 6) is 0. The van der Waals surface area contributed by atoms with Gasteiger partial charge in [0.1, 0.15) is 0 Å². The van der Waals surface area contributed by atoms with Crippen molar-refractivity contribution in [1.29, 1.82) is 0 Å². The van der Waals surface area contributed by atoms with Crippen LogP contribution in [0.3, 0.4) is 0 Å². The summed E-state index contributed by atoms with van der Waals surface area (Å²) in [6.45, 7) is 3.84. The molecule has 1 aromatic rings. The van der Waals surface area contributed by atoms with E-state index < -0.39 is 10.1 Å². The molecule has 0 radical (unpaired) electrons. The van der Waals surface area contributed by atoms with Gasteiger partial charge in [0.25, 0.3) is 10.1 Å². The van der Waals surface area contributed by atoms with Gasteiger partial charge in [-0.3, -0.25) is 4.55 Å². The highest BCUT2D eigenvalue weighted by molar-refractivity contribution is 7.85. The third-order valence-electron chi connectivity index (χ3n) is 3.15. The van der Waals surface area contributed by atoms with Crippen LogP contribution in [0.1, 0.15) is 5.56 Å². The number of methoxy groups -OCH3 is 1. The molecule has 0 amide bonds. The number of aryl methyl sites for hydroxylation is 1. The van der Waals surface area contributed by atoms with Crippen LogP contribution in [0, 0.1) is 6.92 Å². The number of likely N-dealkylation sites (N-methyl/N-ethyl adjacent to an activating group) is 1. The summed E-state index contributed by atoms with van der Waals surface area (Å²) < 4.78 is 34.7. The molecule has 8 heteroatoms. The summed E-state index contributed by atoms with van der Waals surface area (Å²) in [4.78, 5) is -0.0666. The van der Waals surface area contributed by atoms with Gasteiger partial charge in [0.05, 0.1) is 11.0 Å². The molecule has 21 heavy (non-hydrogen) atoms. The zero-order chi connectivity index (χ0) is 15.2. The second-order valence-corrected chi connectivity index (χ2v) is 6.04. The van der Waals surface area contributed by atoms with Gasteiger partial charge < -0.3 is 20.8 Å². The lowest BCUT2D eigenvalue weighted by Crippen LogP contribution is -2.37. The molecule has 1 aliphatic heterocycles. The Hall–Kier alpha value is -1.03. The Morgan fingerprint density at radius 3 is 2.24 bits per heavy atom. The van der Waals surface area contributed by atoms with E-state index in [1.54, 1.807) is 19.2 Å². The van der Waals surface area contributed by atoms with E-state index in [1.807, 2.05) is 14.0 Å². The van der Waals surface area contributed by atoms with Gasteiger partial charge in [0, 0.05) is 26.2 Å². The first-order chi connectivity index (χ1) is 9.38. The number of hydrogen-bond donors (Lipinski definition) is 3. The maximum atomic E-state index is 10.5. The average molecular weight is 320 g/mol. The number of rotatable bonds is 3. The fourth-order valence-corrected chi connectivity index (χ4v) is 2.38. The quantitative estimate of drug-likeness (QED) is 0.653. The predicted molar refractivity (Wildman–Crippen MR) is 81.1 cm³/mol. The van der Waals surface area contributed by atoms with E-state index >= 15 is 0 Å². The Morgan fingerprint density at radius 1 is 1.29 bits per heavy atom. The highest BCUT2D eigenvalue weighted by Gasteiger charge is 2.24. The second kappa shape index (κ2) is 9.08. The van der Waals surface area contributed by atoms with Crippen molar-refractivity contribution in [2.24, 2.45) is 0 Å². The monoisotopic (exact) mass is 320 g/mol. The topological polar surface area (TPSA) is 119 Å². The Labute approximate surface area is 125 Å². The molecule has 0 spiro atoms. The Kier molecular flexibility index (Phi) is 8.64. The van der Waals surface area contributed by atoms with E-state index in [2.05, 4.69) is 10.6 Å². The van der Waals surface area contributed by atoms with Crippen LogP contribution in [0.4, 0.5) is 0 Å². The minimum Gasteiger partial charge on any atom is -0.412 e. The van der Waals surface area contributed by atoms with Crippen LogP contribution in [-0.2, 0) is 14.9 Å². The minimum absolute atomic E-state index is 0. The van der Waals surface area contributed by atoms with Gasteiger partial charge in [0.15, 0.2) is 0 Å². The van der Waals surface area contributed by atoms with Gasteiger partial charge in [-0.2, -0.15) is 8.42 Å². The molecule has 0 aliphatic carbocycles. The molecule has 1 saturated heterocycles. The van der Waals surface area contributed by atoms with Crippen molar-refractivity contribution < 1.29 is 23.2 Å². The molecule has 0 aromatic heterocycles. The lowest BCUT2D eigenvalue weighted by Gasteiger charge is -2.14. The number of nitrogens with one attached hydrogen (secondary N) is 2. The van der Waals surface area contributed by atoms with Gasteiger partial charge >= 0.3 is 0 Å². The summed E-state index contributed by atoms with van der Waals surface area (Å²) in [5, 5.41) is 6.41. The van der Waals surface area contributed by atoms with Gasteiger partial charge in [-0.1, -0.05) is 17.7 Å². The Balaban J connectivity index is 0.000000370. The SMILES string of the molecule is CN[C@H]1CNC[C@@H]1OC.Cc1ccc(S(=O)(=O)O)cc1.O. The minimum atomic E-state index is -4.02. The standard InChI is InChI=1S/C7H8O3S.C6H14N2O.H2O/c1-6-2-4-7(5-3-6)11(8,9)10;1-7-5-3-8-4-6(5)9-2;/h2-5H,1H3,(H,8,9,10);5-8H,3-4H2,1-2H3;1H2/t;5-,6-;/m.0./s1. The maximum absolute atomic E-state index is 10.5. The molecular formula is C13H24N2O5S. The highest BCUT2D eigenvalue weighted by atomic mass is 32.2. The lowest BCUT2D eigenvalue weighted by molar-refractivity contribution is 0.0987. The van der Waals surface area contributed by atoms with Crippen LogP contribution in [0.2, 0.25) is 0 Å². The molecule has 1 heterocycles. The van der Waals surface area contributed by atoms with Crippen molar-refractivity contribution in [3.63, 3.8) is 0 Å². The van der Waals surface area contributed by atoms with Crippen LogP contribution in [-0.4, -0.2) is 57.8 Å². The van der Waals surface area contributed by atoms with Crippen molar-refractivity contribution >= 4 is 10.1 Å². The van der Waals surface area contributed by atoms with E-state index in [0.717, 1.165) is 18.7 Å². The molecule has 5 N–H and O–H groups in total. The first-order valence-corrected chi connectivity index (χ1v) is 7.77. The molecule has 0 unspecified atom stereocenters. The zero-order valence-electron chi connectivity index (χ0n) is 12.5. The molecule has 7 nitrogen and oxygen atoms in total. The summed E-state index contributed by atoms with van der Waals surface area (Å²) in [6, 6.07) is 6.48. The van der Waals surface area contributed by atoms with E-state index in [4.69, 9.17) is 9.29 Å². The van der Waals surface area contributed by atoms with Crippen molar-refractivity contribution in [2.75, 3.05) is 27.2 Å². The van der Waals surface area contributed by atoms with Gasteiger partial charge in [-0.15, -0.1) is 0 Å². The Morgan fingerprint density at radius 2 is 1.86 bits per heavy atom. The third kappa shape index (κ3) is 6.51. The molecule has 2 rings (SSSR count). The maximum Gasteiger partial charge on any atom is 0.294 e. The first kappa shape index (κ1) is 20.0. The van der Waals surface area contributed by atoms with Gasteiger partial charge in [-0.25, -0.2) is 0 Å². The molecule has 0 bridgehead atoms. The molecule has 1 aromatic carbocycles. The molecule has 0 saturated carbocycles. The van der Waals surface area contributed by atoms with Crippen molar-refractivity contribution in [3.8, 4) is 0 Å². The summed E-state index contributed by atoms with van der Waals surface area (Å²) in [5.41, 5.74) is 0.956. The van der Waals surface area contributed by atoms with Crippen LogP contribution in [0.25, 0.3) is 0 Å². The molecule has 1 aliphatic rings. The number of benzene rings is 1. The average Bonchev–Trinajstić information content (AvgIpc) is 2.86. The molecule has 1 fully saturated rings. The molecular weight excluding hydrogens is 296 g/mol. The predicted octanol–water partition coefficient (Wildman–Crippen LogP) is -0.390. The van der Waals surface area contributed by atoms with Gasteiger partial charge in [-0.05, 0) is 26.1 Å². The molecule has 122 valence electrons. The first-order valence-electron chi connectivity index (χ1n) is 6.33. The van der Waals surface area contributed by atoms with Crippen molar-refractivity contribution in [2.45, 2.75) is 24.0 Å². The molecule has 2 atom stereocenters. The van der Waals surface area contributed by atoms with Crippen LogP contribution < -0.4 is 10.6 Å². The number of hydrogen-bond acceptors (Lipinski definition) is 5. The zero-order valence-corrected chi connectivity index (χ0v) is 13.3. The summed E-state index contributed by atoms with van der Waals surface area (Å²) in [6.07, 6.45) is 0.356. The fourth-order valence-electron chi connectivity index (χ4n) is 1.90. The largest absolute Gasteiger partial charge is 0.412 e. The smallest absolute Gasteiger partial charge is 0.294 e. The summed E-state index contributed by atoms with van der Waals surface area (Å²) in [7, 11) is -0.306. The van der Waals surface area contributed by atoms with Crippen LogP contribution in [0.15, 0.2) is 29.2 Å². The van der Waals surface area contributed by atoms with Crippen molar-refractivity contribution in [1.82, 2.24) is 10.6 Å². The number of ether oxygens (including phenoxy) is 1. The second-order valence-electron chi connectivity index (χ2n) is 4.62. The van der Waals surface area contributed by atoms with Crippen molar-refractivity contribution in [3.05, 3.63) is 29.8 Å². The van der Waals surface area contributed by atoms with E-state index in [-0.39, 0.29) is 10.4 Å². The van der Waals surface area contributed by atoms with Crippen LogP contribution in [0.5, 0.6) is 0 Å². The fraction of sp³-hybridized carbons (Fsp3) is 0.538. The normalized spacial score (nSPS) is 21.1. The Bertz CT molecular complexity index is 494. The van der Waals surface area contributed by atoms with E-state index in [1.165, 1.54) is 12.1 Å². The van der Waals surface area contributed by atoms with Crippen LogP contribution >= 0.6 is 0 Å². The third-order valence-corrected chi connectivity index (χ3v) is 4.02. The lowest BCUT2D eigenvalue weighted by atomic mass is 10.2. The highest BCUT2D eigenvalue weighted by Crippen LogP contribution is 2.08. The van der Waals surface area contributed by atoms with Gasteiger partial charge in [0.2, 0.25) is 0 Å². The summed E-state index contributed by atoms with van der Waals surface area (Å²) >= 11 is 0. The van der Waals surface area contributed by atoms with E-state index in [0.29, 0.717) is 12.1 Å². The van der Waals surface area contributed by atoms with E-state index in [9.17, 15) is 8.42 Å².